The van der Waals surface area contributed by atoms with Gasteiger partial charge in [-0.3, -0.25) is 9.69 Å². The van der Waals surface area contributed by atoms with Crippen LogP contribution in [0.1, 0.15) is 52.9 Å². The monoisotopic (exact) mass is 240 g/mol. The Balaban J connectivity index is 2.32. The summed E-state index contributed by atoms with van der Waals surface area (Å²) in [6, 6.07) is 0.638. The van der Waals surface area contributed by atoms with Crippen LogP contribution < -0.4 is 5.32 Å². The summed E-state index contributed by atoms with van der Waals surface area (Å²) in [6.45, 7) is 8.76. The van der Waals surface area contributed by atoms with Crippen molar-refractivity contribution in [2.45, 2.75) is 58.9 Å². The van der Waals surface area contributed by atoms with Crippen LogP contribution in [0.2, 0.25) is 0 Å². The highest BCUT2D eigenvalue weighted by atomic mass is 16.2. The lowest BCUT2D eigenvalue weighted by molar-refractivity contribution is -0.123. The molecule has 3 nitrogen and oxygen atoms in total. The van der Waals surface area contributed by atoms with E-state index in [4.69, 9.17) is 0 Å². The maximum atomic E-state index is 11.8. The van der Waals surface area contributed by atoms with Crippen molar-refractivity contribution in [3.05, 3.63) is 0 Å². The minimum atomic E-state index is 0.186. The Bertz CT molecular complexity index is 222. The first-order chi connectivity index (χ1) is 8.13. The summed E-state index contributed by atoms with van der Waals surface area (Å²) in [5.74, 6) is 0.717. The zero-order valence-electron chi connectivity index (χ0n) is 11.7. The molecule has 1 amide bonds. The van der Waals surface area contributed by atoms with Gasteiger partial charge in [0.15, 0.2) is 0 Å². The molecule has 0 bridgehead atoms. The topological polar surface area (TPSA) is 32.3 Å². The number of rotatable bonds is 6. The predicted octanol–water partition coefficient (Wildman–Crippen LogP) is 2.41. The summed E-state index contributed by atoms with van der Waals surface area (Å²) in [5, 5.41) is 3.01. The maximum absolute atomic E-state index is 11.8. The number of amides is 1. The van der Waals surface area contributed by atoms with E-state index in [0.29, 0.717) is 18.5 Å². The van der Waals surface area contributed by atoms with Gasteiger partial charge < -0.3 is 5.32 Å². The van der Waals surface area contributed by atoms with Crippen LogP contribution in [0.3, 0.4) is 0 Å². The van der Waals surface area contributed by atoms with Crippen molar-refractivity contribution < 1.29 is 4.79 Å². The van der Waals surface area contributed by atoms with Crippen molar-refractivity contribution >= 4 is 5.91 Å². The molecule has 1 saturated carbocycles. The summed E-state index contributed by atoms with van der Waals surface area (Å²) < 4.78 is 0. The molecule has 0 aromatic rings. The Morgan fingerprint density at radius 2 is 1.94 bits per heavy atom. The van der Waals surface area contributed by atoms with E-state index in [1.165, 1.54) is 32.1 Å². The van der Waals surface area contributed by atoms with Gasteiger partial charge in [-0.05, 0) is 25.3 Å². The smallest absolute Gasteiger partial charge is 0.234 e. The molecule has 17 heavy (non-hydrogen) atoms. The van der Waals surface area contributed by atoms with Gasteiger partial charge in [0, 0.05) is 12.6 Å². The summed E-state index contributed by atoms with van der Waals surface area (Å²) in [7, 11) is 0. The highest BCUT2D eigenvalue weighted by Gasteiger charge is 2.21. The lowest BCUT2D eigenvalue weighted by Crippen LogP contribution is -2.44. The van der Waals surface area contributed by atoms with Gasteiger partial charge in [-0.25, -0.2) is 0 Å². The van der Waals surface area contributed by atoms with Gasteiger partial charge in [-0.2, -0.15) is 0 Å². The number of likely N-dealkylation sites (N-methyl/N-ethyl adjacent to an activating group) is 1. The van der Waals surface area contributed by atoms with E-state index in [1.54, 1.807) is 0 Å². The fourth-order valence-electron chi connectivity index (χ4n) is 2.50. The average molecular weight is 240 g/mol. The Labute approximate surface area is 106 Å². The van der Waals surface area contributed by atoms with E-state index < -0.39 is 0 Å². The maximum Gasteiger partial charge on any atom is 0.234 e. The minimum Gasteiger partial charge on any atom is -0.355 e. The SMILES string of the molecule is CCN(CC(=O)NCC(C)C)C1CCCCC1. The molecule has 0 atom stereocenters. The number of hydrogen-bond acceptors (Lipinski definition) is 2. The molecule has 0 aliphatic heterocycles. The van der Waals surface area contributed by atoms with Gasteiger partial charge in [0.05, 0.1) is 6.54 Å². The predicted molar refractivity (Wildman–Crippen MR) is 72.0 cm³/mol. The molecule has 1 fully saturated rings. The molecule has 0 spiro atoms. The summed E-state index contributed by atoms with van der Waals surface area (Å²) in [4.78, 5) is 14.1. The van der Waals surface area contributed by atoms with Crippen molar-refractivity contribution in [1.29, 1.82) is 0 Å². The number of nitrogens with one attached hydrogen (secondary N) is 1. The zero-order valence-corrected chi connectivity index (χ0v) is 11.7. The van der Waals surface area contributed by atoms with Crippen molar-refractivity contribution in [2.75, 3.05) is 19.6 Å². The second-order valence-electron chi connectivity index (χ2n) is 5.55. The number of carbonyl (C=O) groups excluding carboxylic acids is 1. The van der Waals surface area contributed by atoms with Gasteiger partial charge in [0.1, 0.15) is 0 Å². The van der Waals surface area contributed by atoms with Crippen molar-refractivity contribution in [3.8, 4) is 0 Å². The fourth-order valence-corrected chi connectivity index (χ4v) is 2.50. The molecule has 0 saturated heterocycles. The molecule has 100 valence electrons. The molecule has 3 heteroatoms. The molecule has 0 heterocycles. The molecular formula is C14H28N2O. The van der Waals surface area contributed by atoms with Crippen LogP contribution in [0.5, 0.6) is 0 Å². The Kier molecular flexibility index (Phi) is 6.56. The van der Waals surface area contributed by atoms with E-state index >= 15 is 0 Å². The molecule has 0 radical (unpaired) electrons. The van der Waals surface area contributed by atoms with Crippen molar-refractivity contribution in [3.63, 3.8) is 0 Å². The van der Waals surface area contributed by atoms with E-state index in [1.807, 2.05) is 0 Å². The Hall–Kier alpha value is -0.570. The van der Waals surface area contributed by atoms with Crippen LogP contribution in [0.15, 0.2) is 0 Å². The van der Waals surface area contributed by atoms with Crippen molar-refractivity contribution in [1.82, 2.24) is 10.2 Å². The number of nitrogens with zero attached hydrogens (tertiary/aromatic N) is 1. The molecule has 1 aliphatic carbocycles. The molecule has 0 unspecified atom stereocenters. The molecule has 0 aromatic carbocycles. The van der Waals surface area contributed by atoms with Crippen LogP contribution in [0, 0.1) is 5.92 Å². The molecular weight excluding hydrogens is 212 g/mol. The van der Waals surface area contributed by atoms with Crippen LogP contribution in [0.25, 0.3) is 0 Å². The Morgan fingerprint density at radius 3 is 2.47 bits per heavy atom. The lowest BCUT2D eigenvalue weighted by atomic mass is 9.94. The standard InChI is InChI=1S/C14H28N2O/c1-4-16(13-8-6-5-7-9-13)11-14(17)15-10-12(2)3/h12-13H,4-11H2,1-3H3,(H,15,17). The molecule has 0 aromatic heterocycles. The second-order valence-corrected chi connectivity index (χ2v) is 5.55. The van der Waals surface area contributed by atoms with E-state index in [9.17, 15) is 4.79 Å². The van der Waals surface area contributed by atoms with Gasteiger partial charge in [0.2, 0.25) is 5.91 Å². The summed E-state index contributed by atoms with van der Waals surface area (Å²) in [6.07, 6.45) is 6.56. The third-order valence-electron chi connectivity index (χ3n) is 3.55. The largest absolute Gasteiger partial charge is 0.355 e. The van der Waals surface area contributed by atoms with Gasteiger partial charge >= 0.3 is 0 Å². The zero-order chi connectivity index (χ0) is 12.7. The van der Waals surface area contributed by atoms with Crippen molar-refractivity contribution in [2.24, 2.45) is 5.92 Å². The Morgan fingerprint density at radius 1 is 1.29 bits per heavy atom. The highest BCUT2D eigenvalue weighted by Crippen LogP contribution is 2.22. The summed E-state index contributed by atoms with van der Waals surface area (Å²) >= 11 is 0. The first kappa shape index (κ1) is 14.5. The third kappa shape index (κ3) is 5.53. The quantitative estimate of drug-likeness (QED) is 0.773. The van der Waals surface area contributed by atoms with Gasteiger partial charge in [-0.1, -0.05) is 40.0 Å². The second kappa shape index (κ2) is 7.70. The average Bonchev–Trinajstić information content (AvgIpc) is 2.34. The van der Waals surface area contributed by atoms with Crippen LogP contribution in [-0.4, -0.2) is 36.5 Å². The van der Waals surface area contributed by atoms with E-state index in [2.05, 4.69) is 31.0 Å². The molecule has 1 aliphatic rings. The van der Waals surface area contributed by atoms with Gasteiger partial charge in [-0.15, -0.1) is 0 Å². The number of carbonyl (C=O) groups is 1. The minimum absolute atomic E-state index is 0.186. The lowest BCUT2D eigenvalue weighted by Gasteiger charge is -2.33. The van der Waals surface area contributed by atoms with E-state index in [-0.39, 0.29) is 5.91 Å². The fraction of sp³-hybridized carbons (Fsp3) is 0.929. The third-order valence-corrected chi connectivity index (χ3v) is 3.55. The number of hydrogen-bond donors (Lipinski definition) is 1. The van der Waals surface area contributed by atoms with Crippen LogP contribution >= 0.6 is 0 Å². The molecule has 1 N–H and O–H groups in total. The first-order valence-electron chi connectivity index (χ1n) is 7.14. The van der Waals surface area contributed by atoms with Crippen LogP contribution in [0.4, 0.5) is 0 Å². The highest BCUT2D eigenvalue weighted by molar-refractivity contribution is 5.78. The van der Waals surface area contributed by atoms with Crippen LogP contribution in [-0.2, 0) is 4.79 Å². The van der Waals surface area contributed by atoms with E-state index in [0.717, 1.165) is 13.1 Å². The summed E-state index contributed by atoms with van der Waals surface area (Å²) in [5.41, 5.74) is 0. The normalized spacial score (nSPS) is 17.7. The molecule has 1 rings (SSSR count). The first-order valence-corrected chi connectivity index (χ1v) is 7.14. The van der Waals surface area contributed by atoms with Gasteiger partial charge in [0.25, 0.3) is 0 Å².